The number of nitrogens with one attached hydrogen (secondary N) is 1. The van der Waals surface area contributed by atoms with Crippen LogP contribution in [0.5, 0.6) is 0 Å². The number of piperidine rings is 1. The molecule has 0 atom stereocenters. The van der Waals surface area contributed by atoms with Gasteiger partial charge in [-0.1, -0.05) is 61.4 Å². The van der Waals surface area contributed by atoms with Crippen molar-refractivity contribution >= 4 is 23.3 Å². The summed E-state index contributed by atoms with van der Waals surface area (Å²) in [7, 11) is 0. The Bertz CT molecular complexity index is 1500. The van der Waals surface area contributed by atoms with Crippen molar-refractivity contribution in [3.8, 4) is 11.1 Å². The number of benzene rings is 2. The van der Waals surface area contributed by atoms with Crippen LogP contribution in [0.2, 0.25) is 0 Å². The molecule has 3 heterocycles. The van der Waals surface area contributed by atoms with Crippen molar-refractivity contribution in [3.63, 3.8) is 0 Å². The number of pyridine rings is 1. The maximum Gasteiger partial charge on any atom is 0.253 e. The van der Waals surface area contributed by atoms with E-state index in [0.29, 0.717) is 23.2 Å². The molecular formula is C32H35N5O2. The molecule has 0 bridgehead atoms. The number of anilines is 1. The van der Waals surface area contributed by atoms with Crippen LogP contribution in [-0.2, 0) is 6.42 Å². The summed E-state index contributed by atoms with van der Waals surface area (Å²) >= 11 is 0. The van der Waals surface area contributed by atoms with Crippen molar-refractivity contribution in [2.75, 3.05) is 24.5 Å². The van der Waals surface area contributed by atoms with Crippen molar-refractivity contribution in [2.24, 2.45) is 0 Å². The lowest BCUT2D eigenvalue weighted by Crippen LogP contribution is -2.43. The average molecular weight is 522 g/mol. The fraction of sp³-hybridized carbons (Fsp3) is 0.375. The Morgan fingerprint density at radius 1 is 0.949 bits per heavy atom. The van der Waals surface area contributed by atoms with Gasteiger partial charge >= 0.3 is 0 Å². The lowest BCUT2D eigenvalue weighted by atomic mass is 10.0. The first-order chi connectivity index (χ1) is 19.2. The van der Waals surface area contributed by atoms with Crippen molar-refractivity contribution in [2.45, 2.75) is 57.0 Å². The summed E-state index contributed by atoms with van der Waals surface area (Å²) < 4.78 is 1.90. The number of hydrogen-bond acceptors (Lipinski definition) is 6. The highest BCUT2D eigenvalue weighted by atomic mass is 16.1. The van der Waals surface area contributed by atoms with Gasteiger partial charge in [0.1, 0.15) is 11.9 Å². The minimum atomic E-state index is -0.0353. The maximum atomic E-state index is 13.5. The van der Waals surface area contributed by atoms with E-state index in [1.54, 1.807) is 12.1 Å². The molecule has 0 spiro atoms. The van der Waals surface area contributed by atoms with Gasteiger partial charge in [0.15, 0.2) is 0 Å². The fourth-order valence-electron chi connectivity index (χ4n) is 6.15. The third-order valence-electron chi connectivity index (χ3n) is 8.27. The first-order valence-electron chi connectivity index (χ1n) is 14.2. The molecule has 2 aromatic heterocycles. The summed E-state index contributed by atoms with van der Waals surface area (Å²) in [6.45, 7) is 2.73. The zero-order valence-corrected chi connectivity index (χ0v) is 22.3. The third kappa shape index (κ3) is 5.50. The molecule has 0 unspecified atom stereocenters. The number of hydrogen-bond donors (Lipinski definition) is 1. The van der Waals surface area contributed by atoms with E-state index in [1.807, 2.05) is 29.0 Å². The lowest BCUT2D eigenvalue weighted by molar-refractivity contribution is 0.112. The third-order valence-corrected chi connectivity index (χ3v) is 8.27. The van der Waals surface area contributed by atoms with E-state index < -0.39 is 0 Å². The molecule has 4 aromatic rings. The number of fused-ring (bicyclic) bond motifs is 1. The van der Waals surface area contributed by atoms with Crippen molar-refractivity contribution in [3.05, 3.63) is 88.3 Å². The molecular weight excluding hydrogens is 486 g/mol. The quantitative estimate of drug-likeness (QED) is 0.322. The minimum Gasteiger partial charge on any atom is -0.341 e. The van der Waals surface area contributed by atoms with E-state index in [-0.39, 0.29) is 11.6 Å². The van der Waals surface area contributed by atoms with Gasteiger partial charge in [-0.25, -0.2) is 4.98 Å². The van der Waals surface area contributed by atoms with Crippen LogP contribution in [0, 0.1) is 0 Å². The van der Waals surface area contributed by atoms with Gasteiger partial charge in [-0.05, 0) is 61.4 Å². The van der Waals surface area contributed by atoms with Gasteiger partial charge in [0.2, 0.25) is 5.95 Å². The second kappa shape index (κ2) is 11.5. The number of nitrogens with zero attached hydrogens (tertiary/aromatic N) is 4. The molecule has 1 saturated heterocycles. The Kier molecular flexibility index (Phi) is 7.50. The molecule has 1 aliphatic heterocycles. The van der Waals surface area contributed by atoms with E-state index in [1.165, 1.54) is 5.56 Å². The summed E-state index contributed by atoms with van der Waals surface area (Å²) in [5.41, 5.74) is 4.22. The minimum absolute atomic E-state index is 0.0353. The normalized spacial score (nSPS) is 16.7. The molecule has 6 rings (SSSR count). The molecule has 2 aliphatic rings. The zero-order chi connectivity index (χ0) is 26.6. The average Bonchev–Trinajstić information content (AvgIpc) is 3.52. The van der Waals surface area contributed by atoms with Gasteiger partial charge < -0.3 is 10.2 Å². The molecule has 2 fully saturated rings. The van der Waals surface area contributed by atoms with Crippen molar-refractivity contribution in [1.29, 1.82) is 0 Å². The Morgan fingerprint density at radius 3 is 2.51 bits per heavy atom. The lowest BCUT2D eigenvalue weighted by Gasteiger charge is -2.32. The highest BCUT2D eigenvalue weighted by Gasteiger charge is 2.25. The van der Waals surface area contributed by atoms with E-state index >= 15 is 0 Å². The predicted molar refractivity (Wildman–Crippen MR) is 156 cm³/mol. The molecule has 7 heteroatoms. The van der Waals surface area contributed by atoms with Gasteiger partial charge in [0.25, 0.3) is 5.56 Å². The van der Waals surface area contributed by atoms with Gasteiger partial charge in [-0.2, -0.15) is 4.98 Å². The van der Waals surface area contributed by atoms with Gasteiger partial charge in [-0.15, -0.1) is 0 Å². The van der Waals surface area contributed by atoms with Crippen LogP contribution in [0.4, 0.5) is 5.95 Å². The number of rotatable bonds is 8. The molecule has 7 nitrogen and oxygen atoms in total. The summed E-state index contributed by atoms with van der Waals surface area (Å²) in [5, 5.41) is 4.58. The zero-order valence-electron chi connectivity index (χ0n) is 22.3. The van der Waals surface area contributed by atoms with Crippen LogP contribution >= 0.6 is 0 Å². The number of aldehydes is 1. The molecule has 1 saturated carbocycles. The Labute approximate surface area is 228 Å². The smallest absolute Gasteiger partial charge is 0.253 e. The topological polar surface area (TPSA) is 80.1 Å². The second-order valence-electron chi connectivity index (χ2n) is 10.8. The van der Waals surface area contributed by atoms with E-state index in [2.05, 4.69) is 40.5 Å². The van der Waals surface area contributed by atoms with Crippen LogP contribution in [0.25, 0.3) is 22.2 Å². The monoisotopic (exact) mass is 521 g/mol. The molecule has 200 valence electrons. The van der Waals surface area contributed by atoms with E-state index in [0.717, 1.165) is 87.4 Å². The largest absolute Gasteiger partial charge is 0.341 e. The van der Waals surface area contributed by atoms with Crippen LogP contribution in [-0.4, -0.2) is 46.5 Å². The van der Waals surface area contributed by atoms with E-state index in [4.69, 9.17) is 9.97 Å². The maximum absolute atomic E-state index is 13.5. The standard InChI is InChI=1S/C32H35N5O2/c38-22-24-9-6-10-25(19-24)28-20-30(39)37(27-11-4-5-12-27)31-29(28)21-34-32(35-31)36-17-14-26(15-18-36)33-16-13-23-7-2-1-3-8-23/h1-3,6-10,19-22,26-27,33H,4-5,11-18H2. The van der Waals surface area contributed by atoms with E-state index in [9.17, 15) is 9.59 Å². The van der Waals surface area contributed by atoms with Gasteiger partial charge in [0.05, 0.1) is 0 Å². The van der Waals surface area contributed by atoms with Crippen molar-refractivity contribution < 1.29 is 4.79 Å². The van der Waals surface area contributed by atoms with Crippen LogP contribution in [0.3, 0.4) is 0 Å². The fourth-order valence-corrected chi connectivity index (χ4v) is 6.15. The highest BCUT2D eigenvalue weighted by Crippen LogP contribution is 2.34. The predicted octanol–water partition coefficient (Wildman–Crippen LogP) is 5.19. The van der Waals surface area contributed by atoms with Crippen LogP contribution in [0.1, 0.15) is 60.5 Å². The summed E-state index contributed by atoms with van der Waals surface area (Å²) in [6, 6.07) is 20.3. The van der Waals surface area contributed by atoms with Crippen LogP contribution < -0.4 is 15.8 Å². The highest BCUT2D eigenvalue weighted by molar-refractivity contribution is 5.93. The number of carbonyl (C=O) groups excluding carboxylic acids is 1. The molecule has 1 N–H and O–H groups in total. The van der Waals surface area contributed by atoms with Gasteiger partial charge in [0, 0.05) is 48.4 Å². The SMILES string of the molecule is O=Cc1cccc(-c2cc(=O)n(C3CCCC3)c3nc(N4CCC(NCCc5ccccc5)CC4)ncc23)c1. The molecule has 39 heavy (non-hydrogen) atoms. The summed E-state index contributed by atoms with van der Waals surface area (Å²) in [4.78, 5) is 37.0. The number of carbonyl (C=O) groups is 1. The Morgan fingerprint density at radius 2 is 1.74 bits per heavy atom. The Balaban J connectivity index is 1.25. The summed E-state index contributed by atoms with van der Waals surface area (Å²) in [6.07, 6.45) is 10.0. The van der Waals surface area contributed by atoms with Crippen molar-refractivity contribution in [1.82, 2.24) is 19.9 Å². The Hall–Kier alpha value is -3.84. The second-order valence-corrected chi connectivity index (χ2v) is 10.8. The first-order valence-corrected chi connectivity index (χ1v) is 14.2. The molecule has 0 amide bonds. The van der Waals surface area contributed by atoms with Crippen LogP contribution in [0.15, 0.2) is 71.7 Å². The molecule has 0 radical (unpaired) electrons. The summed E-state index contributed by atoms with van der Waals surface area (Å²) in [5.74, 6) is 0.690. The molecule has 2 aromatic carbocycles. The number of aromatic nitrogens is 3. The first kappa shape index (κ1) is 25.4. The molecule has 1 aliphatic carbocycles. The van der Waals surface area contributed by atoms with Gasteiger partial charge in [-0.3, -0.25) is 14.2 Å².